The van der Waals surface area contributed by atoms with Gasteiger partial charge >= 0.3 is 6.18 Å². The molecule has 0 spiro atoms. The summed E-state index contributed by atoms with van der Waals surface area (Å²) in [5.74, 6) is -0.544. The number of halogens is 3. The molecule has 0 unspecified atom stereocenters. The zero-order valence-corrected chi connectivity index (χ0v) is 11.5. The Labute approximate surface area is 124 Å². The van der Waals surface area contributed by atoms with Crippen LogP contribution in [-0.2, 0) is 6.18 Å². The summed E-state index contributed by atoms with van der Waals surface area (Å²) in [4.78, 5) is 12.1. The van der Waals surface area contributed by atoms with Crippen LogP contribution >= 0.6 is 12.2 Å². The zero-order chi connectivity index (χ0) is 15.5. The Morgan fingerprint density at radius 2 is 1.48 bits per heavy atom. The Morgan fingerprint density at radius 3 is 2.00 bits per heavy atom. The second-order valence-corrected chi connectivity index (χ2v) is 4.63. The van der Waals surface area contributed by atoms with Gasteiger partial charge in [-0.15, -0.1) is 0 Å². The molecule has 1 N–H and O–H groups in total. The molecule has 2 rings (SSSR count). The molecule has 2 nitrogen and oxygen atoms in total. The summed E-state index contributed by atoms with van der Waals surface area (Å²) in [6, 6.07) is 12.8. The minimum atomic E-state index is -4.42. The number of carbonyl (C=O) groups is 1. The zero-order valence-electron chi connectivity index (χ0n) is 10.6. The van der Waals surface area contributed by atoms with Gasteiger partial charge in [0.2, 0.25) is 0 Å². The molecule has 21 heavy (non-hydrogen) atoms. The van der Waals surface area contributed by atoms with E-state index in [2.05, 4.69) is 5.32 Å². The summed E-state index contributed by atoms with van der Waals surface area (Å²) >= 11 is 5.07. The van der Waals surface area contributed by atoms with Crippen LogP contribution in [0.1, 0.15) is 21.5 Å². The van der Waals surface area contributed by atoms with Crippen LogP contribution in [0.3, 0.4) is 0 Å². The minimum absolute atomic E-state index is 0.112. The molecule has 0 fully saturated rings. The SMILES string of the molecule is O=C(NC(=S)c1ccccc1)c1ccc(C(F)(F)F)cc1. The number of alkyl halides is 3. The third-order valence-corrected chi connectivity index (χ3v) is 3.08. The second kappa shape index (κ2) is 6.05. The largest absolute Gasteiger partial charge is 0.416 e. The second-order valence-electron chi connectivity index (χ2n) is 4.22. The lowest BCUT2D eigenvalue weighted by molar-refractivity contribution is -0.137. The smallest absolute Gasteiger partial charge is 0.312 e. The molecule has 6 heteroatoms. The highest BCUT2D eigenvalue weighted by Gasteiger charge is 2.30. The Kier molecular flexibility index (Phi) is 4.37. The highest BCUT2D eigenvalue weighted by atomic mass is 32.1. The first-order valence-electron chi connectivity index (χ1n) is 5.96. The predicted molar refractivity (Wildman–Crippen MR) is 77.1 cm³/mol. The molecule has 0 radical (unpaired) electrons. The Morgan fingerprint density at radius 1 is 0.905 bits per heavy atom. The maximum Gasteiger partial charge on any atom is 0.416 e. The van der Waals surface area contributed by atoms with E-state index in [0.29, 0.717) is 5.56 Å². The summed E-state index contributed by atoms with van der Waals surface area (Å²) in [5, 5.41) is 2.48. The first-order chi connectivity index (χ1) is 9.88. The van der Waals surface area contributed by atoms with Gasteiger partial charge in [0.25, 0.3) is 5.91 Å². The van der Waals surface area contributed by atoms with Crippen LogP contribution < -0.4 is 5.32 Å². The molecule has 0 aliphatic heterocycles. The van der Waals surface area contributed by atoms with Crippen molar-refractivity contribution in [3.05, 3.63) is 71.3 Å². The van der Waals surface area contributed by atoms with Crippen molar-refractivity contribution in [1.29, 1.82) is 0 Å². The van der Waals surface area contributed by atoms with Crippen molar-refractivity contribution < 1.29 is 18.0 Å². The van der Waals surface area contributed by atoms with Gasteiger partial charge in [-0.25, -0.2) is 0 Å². The number of amides is 1. The number of hydrogen-bond donors (Lipinski definition) is 1. The van der Waals surface area contributed by atoms with Crippen LogP contribution in [0.2, 0.25) is 0 Å². The lowest BCUT2D eigenvalue weighted by Crippen LogP contribution is -2.29. The number of nitrogens with one attached hydrogen (secondary N) is 1. The van der Waals surface area contributed by atoms with Crippen LogP contribution in [0.5, 0.6) is 0 Å². The lowest BCUT2D eigenvalue weighted by Gasteiger charge is -2.09. The summed E-state index contributed by atoms with van der Waals surface area (Å²) in [6.07, 6.45) is -4.42. The van der Waals surface area contributed by atoms with Gasteiger partial charge < -0.3 is 5.32 Å². The van der Waals surface area contributed by atoms with Gasteiger partial charge in [0.1, 0.15) is 4.99 Å². The van der Waals surface area contributed by atoms with Crippen molar-refractivity contribution in [2.75, 3.05) is 0 Å². The van der Waals surface area contributed by atoms with Crippen molar-refractivity contribution in [3.8, 4) is 0 Å². The van der Waals surface area contributed by atoms with Crippen molar-refractivity contribution in [3.63, 3.8) is 0 Å². The van der Waals surface area contributed by atoms with Gasteiger partial charge in [0.05, 0.1) is 5.56 Å². The van der Waals surface area contributed by atoms with Crippen molar-refractivity contribution in [2.24, 2.45) is 0 Å². The summed E-state index contributed by atoms with van der Waals surface area (Å²) in [6.45, 7) is 0. The molecule has 0 aliphatic rings. The third kappa shape index (κ3) is 3.88. The summed E-state index contributed by atoms with van der Waals surface area (Å²) in [5.41, 5.74) is -0.0290. The monoisotopic (exact) mass is 309 g/mol. The number of thiocarbonyl (C=S) groups is 1. The Balaban J connectivity index is 2.09. The number of hydrogen-bond acceptors (Lipinski definition) is 2. The van der Waals surface area contributed by atoms with Crippen molar-refractivity contribution >= 4 is 23.1 Å². The van der Waals surface area contributed by atoms with Gasteiger partial charge in [-0.2, -0.15) is 13.2 Å². The Hall–Kier alpha value is -2.21. The average Bonchev–Trinajstić information content (AvgIpc) is 2.47. The maximum atomic E-state index is 12.4. The van der Waals surface area contributed by atoms with E-state index >= 15 is 0 Å². The lowest BCUT2D eigenvalue weighted by atomic mass is 10.1. The standard InChI is InChI=1S/C15H10F3NOS/c16-15(17,18)12-8-6-10(7-9-12)13(20)19-14(21)11-4-2-1-3-5-11/h1-9H,(H,19,20,21). The fourth-order valence-electron chi connectivity index (χ4n) is 1.65. The molecule has 2 aromatic rings. The van der Waals surface area contributed by atoms with E-state index in [1.54, 1.807) is 24.3 Å². The fourth-order valence-corrected chi connectivity index (χ4v) is 1.88. The maximum absolute atomic E-state index is 12.4. The predicted octanol–water partition coefficient (Wildman–Crippen LogP) is 3.81. The van der Waals surface area contributed by atoms with Gasteiger partial charge in [-0.3, -0.25) is 4.79 Å². The van der Waals surface area contributed by atoms with Gasteiger partial charge in [-0.1, -0.05) is 42.5 Å². The number of benzene rings is 2. The normalized spacial score (nSPS) is 11.0. The fraction of sp³-hybridized carbons (Fsp3) is 0.0667. The van der Waals surface area contributed by atoms with Crippen molar-refractivity contribution in [2.45, 2.75) is 6.18 Å². The molecule has 0 saturated carbocycles. The van der Waals surface area contributed by atoms with Crippen LogP contribution in [0.25, 0.3) is 0 Å². The molecule has 0 atom stereocenters. The van der Waals surface area contributed by atoms with E-state index in [4.69, 9.17) is 12.2 Å². The van der Waals surface area contributed by atoms with E-state index in [-0.39, 0.29) is 10.6 Å². The molecule has 0 saturated heterocycles. The van der Waals surface area contributed by atoms with Gasteiger partial charge in [0, 0.05) is 11.1 Å². The van der Waals surface area contributed by atoms with E-state index in [9.17, 15) is 18.0 Å². The topological polar surface area (TPSA) is 29.1 Å². The molecule has 0 heterocycles. The van der Waals surface area contributed by atoms with Crippen LogP contribution in [0.15, 0.2) is 54.6 Å². The van der Waals surface area contributed by atoms with Gasteiger partial charge in [0.15, 0.2) is 0 Å². The minimum Gasteiger partial charge on any atom is -0.312 e. The summed E-state index contributed by atoms with van der Waals surface area (Å²) < 4.78 is 37.3. The van der Waals surface area contributed by atoms with E-state index < -0.39 is 17.6 Å². The van der Waals surface area contributed by atoms with Gasteiger partial charge in [-0.05, 0) is 24.3 Å². The number of carbonyl (C=O) groups excluding carboxylic acids is 1. The average molecular weight is 309 g/mol. The van der Waals surface area contributed by atoms with Crippen LogP contribution in [0, 0.1) is 0 Å². The first kappa shape index (κ1) is 15.2. The third-order valence-electron chi connectivity index (χ3n) is 2.74. The molecule has 0 aliphatic carbocycles. The van der Waals surface area contributed by atoms with E-state index in [1.807, 2.05) is 6.07 Å². The van der Waals surface area contributed by atoms with Crippen molar-refractivity contribution in [1.82, 2.24) is 5.32 Å². The Bertz CT molecular complexity index is 651. The quantitative estimate of drug-likeness (QED) is 0.855. The van der Waals surface area contributed by atoms with Crippen LogP contribution in [-0.4, -0.2) is 10.9 Å². The van der Waals surface area contributed by atoms with E-state index in [0.717, 1.165) is 24.3 Å². The molecule has 2 aromatic carbocycles. The number of rotatable bonds is 2. The molecular formula is C15H10F3NOS. The molecule has 0 bridgehead atoms. The molecule has 0 aromatic heterocycles. The highest BCUT2D eigenvalue weighted by molar-refractivity contribution is 7.80. The summed E-state index contributed by atoms with van der Waals surface area (Å²) in [7, 11) is 0. The highest BCUT2D eigenvalue weighted by Crippen LogP contribution is 2.29. The molecule has 1 amide bonds. The molecule has 108 valence electrons. The molecular weight excluding hydrogens is 299 g/mol. The van der Waals surface area contributed by atoms with E-state index in [1.165, 1.54) is 0 Å². The van der Waals surface area contributed by atoms with Crippen LogP contribution in [0.4, 0.5) is 13.2 Å². The first-order valence-corrected chi connectivity index (χ1v) is 6.37.